The Balaban J connectivity index is 2.46. The molecule has 0 saturated carbocycles. The SMILES string of the molecule is CCOC(C)CNC(=O)c1ccc(NN)cn1. The normalized spacial score (nSPS) is 11.9. The third-order valence-electron chi connectivity index (χ3n) is 2.16. The quantitative estimate of drug-likeness (QED) is 0.496. The summed E-state index contributed by atoms with van der Waals surface area (Å²) >= 11 is 0. The topological polar surface area (TPSA) is 89.3 Å². The van der Waals surface area contributed by atoms with Crippen LogP contribution in [0.3, 0.4) is 0 Å². The van der Waals surface area contributed by atoms with E-state index in [2.05, 4.69) is 15.7 Å². The van der Waals surface area contributed by atoms with Gasteiger partial charge in [0.05, 0.1) is 18.0 Å². The summed E-state index contributed by atoms with van der Waals surface area (Å²) in [6.45, 7) is 4.91. The Labute approximate surface area is 101 Å². The maximum absolute atomic E-state index is 11.7. The van der Waals surface area contributed by atoms with Gasteiger partial charge in [0.1, 0.15) is 5.69 Å². The minimum atomic E-state index is -0.222. The molecule has 0 aliphatic carbocycles. The second kappa shape index (κ2) is 6.82. The van der Waals surface area contributed by atoms with Crippen molar-refractivity contribution in [2.24, 2.45) is 5.84 Å². The molecule has 0 spiro atoms. The third-order valence-corrected chi connectivity index (χ3v) is 2.16. The minimum Gasteiger partial charge on any atom is -0.377 e. The van der Waals surface area contributed by atoms with Gasteiger partial charge in [-0.15, -0.1) is 0 Å². The predicted octanol–water partition coefficient (Wildman–Crippen LogP) is 0.522. The van der Waals surface area contributed by atoms with Gasteiger partial charge in [-0.2, -0.15) is 0 Å². The van der Waals surface area contributed by atoms with Gasteiger partial charge in [0.15, 0.2) is 0 Å². The maximum atomic E-state index is 11.7. The van der Waals surface area contributed by atoms with Crippen LogP contribution in [-0.4, -0.2) is 30.1 Å². The second-order valence-electron chi connectivity index (χ2n) is 3.55. The van der Waals surface area contributed by atoms with Gasteiger partial charge >= 0.3 is 0 Å². The summed E-state index contributed by atoms with van der Waals surface area (Å²) in [5, 5.41) is 2.74. The average molecular weight is 238 g/mol. The number of carbonyl (C=O) groups is 1. The van der Waals surface area contributed by atoms with Crippen LogP contribution < -0.4 is 16.6 Å². The van der Waals surface area contributed by atoms with E-state index in [0.29, 0.717) is 24.5 Å². The first kappa shape index (κ1) is 13.4. The molecule has 0 aromatic carbocycles. The number of amides is 1. The maximum Gasteiger partial charge on any atom is 0.269 e. The van der Waals surface area contributed by atoms with Crippen LogP contribution in [0.15, 0.2) is 18.3 Å². The molecule has 6 nitrogen and oxygen atoms in total. The van der Waals surface area contributed by atoms with Gasteiger partial charge in [0.2, 0.25) is 0 Å². The zero-order valence-electron chi connectivity index (χ0n) is 10.1. The number of hydrazine groups is 1. The molecule has 1 aromatic rings. The third kappa shape index (κ3) is 4.38. The first-order valence-electron chi connectivity index (χ1n) is 5.49. The van der Waals surface area contributed by atoms with Crippen molar-refractivity contribution in [1.82, 2.24) is 10.3 Å². The summed E-state index contributed by atoms with van der Waals surface area (Å²) in [5.41, 5.74) is 3.46. The van der Waals surface area contributed by atoms with Crippen molar-refractivity contribution in [1.29, 1.82) is 0 Å². The fourth-order valence-electron chi connectivity index (χ4n) is 1.28. The van der Waals surface area contributed by atoms with E-state index in [1.165, 1.54) is 6.20 Å². The Morgan fingerprint density at radius 2 is 2.35 bits per heavy atom. The number of nitrogens with one attached hydrogen (secondary N) is 2. The number of carbonyl (C=O) groups excluding carboxylic acids is 1. The molecule has 1 atom stereocenters. The van der Waals surface area contributed by atoms with Crippen LogP contribution in [0.5, 0.6) is 0 Å². The lowest BCUT2D eigenvalue weighted by atomic mass is 10.3. The Hall–Kier alpha value is -1.66. The van der Waals surface area contributed by atoms with Crippen molar-refractivity contribution in [2.75, 3.05) is 18.6 Å². The Morgan fingerprint density at radius 1 is 1.59 bits per heavy atom. The highest BCUT2D eigenvalue weighted by Crippen LogP contribution is 2.03. The van der Waals surface area contributed by atoms with Crippen LogP contribution in [0.4, 0.5) is 5.69 Å². The zero-order chi connectivity index (χ0) is 12.7. The van der Waals surface area contributed by atoms with Crippen molar-refractivity contribution in [3.63, 3.8) is 0 Å². The lowest BCUT2D eigenvalue weighted by molar-refractivity contribution is 0.0693. The van der Waals surface area contributed by atoms with Crippen molar-refractivity contribution >= 4 is 11.6 Å². The van der Waals surface area contributed by atoms with Crippen LogP contribution in [0, 0.1) is 0 Å². The van der Waals surface area contributed by atoms with Gasteiger partial charge in [-0.05, 0) is 26.0 Å². The number of pyridine rings is 1. The number of ether oxygens (including phenoxy) is 1. The van der Waals surface area contributed by atoms with Gasteiger partial charge in [-0.25, -0.2) is 4.98 Å². The standard InChI is InChI=1S/C11H18N4O2/c1-3-17-8(2)6-14-11(16)10-5-4-9(15-12)7-13-10/h4-5,7-8,15H,3,6,12H2,1-2H3,(H,14,16). The molecule has 0 bridgehead atoms. The molecule has 0 radical (unpaired) electrons. The molecule has 1 heterocycles. The van der Waals surface area contributed by atoms with E-state index in [1.54, 1.807) is 12.1 Å². The summed E-state index contributed by atoms with van der Waals surface area (Å²) < 4.78 is 5.30. The molecule has 1 unspecified atom stereocenters. The smallest absolute Gasteiger partial charge is 0.269 e. The molecule has 0 aliphatic rings. The van der Waals surface area contributed by atoms with Gasteiger partial charge in [-0.1, -0.05) is 0 Å². The zero-order valence-corrected chi connectivity index (χ0v) is 10.1. The number of hydrogen-bond acceptors (Lipinski definition) is 5. The molecule has 17 heavy (non-hydrogen) atoms. The highest BCUT2D eigenvalue weighted by atomic mass is 16.5. The van der Waals surface area contributed by atoms with E-state index >= 15 is 0 Å². The Bertz CT molecular complexity index is 353. The molecule has 0 aliphatic heterocycles. The molecule has 6 heteroatoms. The molecule has 0 fully saturated rings. The number of aromatic nitrogens is 1. The molecular weight excluding hydrogens is 220 g/mol. The largest absolute Gasteiger partial charge is 0.377 e. The summed E-state index contributed by atoms with van der Waals surface area (Å²) in [5.74, 6) is 4.98. The lowest BCUT2D eigenvalue weighted by Crippen LogP contribution is -2.32. The van der Waals surface area contributed by atoms with Crippen molar-refractivity contribution in [2.45, 2.75) is 20.0 Å². The van der Waals surface area contributed by atoms with Gasteiger partial charge in [0, 0.05) is 13.2 Å². The monoisotopic (exact) mass is 238 g/mol. The summed E-state index contributed by atoms with van der Waals surface area (Å²) in [6, 6.07) is 3.30. The van der Waals surface area contributed by atoms with Gasteiger partial charge < -0.3 is 15.5 Å². The first-order chi connectivity index (χ1) is 8.17. The van der Waals surface area contributed by atoms with Crippen LogP contribution in [0.1, 0.15) is 24.3 Å². The molecular formula is C11H18N4O2. The number of nitrogens with two attached hydrogens (primary N) is 1. The van der Waals surface area contributed by atoms with Crippen LogP contribution >= 0.6 is 0 Å². The van der Waals surface area contributed by atoms with Gasteiger partial charge in [-0.3, -0.25) is 10.6 Å². The summed E-state index contributed by atoms with van der Waals surface area (Å²) in [7, 11) is 0. The van der Waals surface area contributed by atoms with E-state index in [4.69, 9.17) is 10.6 Å². The minimum absolute atomic E-state index is 0.00562. The molecule has 94 valence electrons. The Kier molecular flexibility index (Phi) is 5.38. The van der Waals surface area contributed by atoms with E-state index in [9.17, 15) is 4.79 Å². The second-order valence-corrected chi connectivity index (χ2v) is 3.55. The average Bonchev–Trinajstić information content (AvgIpc) is 2.36. The van der Waals surface area contributed by atoms with E-state index in [-0.39, 0.29) is 12.0 Å². The number of nitrogens with zero attached hydrogens (tertiary/aromatic N) is 1. The highest BCUT2D eigenvalue weighted by Gasteiger charge is 2.08. The molecule has 1 amide bonds. The highest BCUT2D eigenvalue weighted by molar-refractivity contribution is 5.92. The predicted molar refractivity (Wildman–Crippen MR) is 65.5 cm³/mol. The van der Waals surface area contributed by atoms with Crippen LogP contribution in [0.25, 0.3) is 0 Å². The van der Waals surface area contributed by atoms with Crippen LogP contribution in [0.2, 0.25) is 0 Å². The fraction of sp³-hybridized carbons (Fsp3) is 0.455. The van der Waals surface area contributed by atoms with Crippen molar-refractivity contribution in [3.8, 4) is 0 Å². The number of rotatable bonds is 6. The Morgan fingerprint density at radius 3 is 2.88 bits per heavy atom. The number of nitrogen functional groups attached to an aromatic ring is 1. The molecule has 1 rings (SSSR count). The van der Waals surface area contributed by atoms with Crippen LogP contribution in [-0.2, 0) is 4.74 Å². The van der Waals surface area contributed by atoms with E-state index in [1.807, 2.05) is 13.8 Å². The van der Waals surface area contributed by atoms with Crippen molar-refractivity contribution in [3.05, 3.63) is 24.0 Å². The van der Waals surface area contributed by atoms with Crippen molar-refractivity contribution < 1.29 is 9.53 Å². The summed E-state index contributed by atoms with van der Waals surface area (Å²) in [6.07, 6.45) is 1.50. The fourth-order valence-corrected chi connectivity index (χ4v) is 1.28. The first-order valence-corrected chi connectivity index (χ1v) is 5.49. The molecule has 4 N–H and O–H groups in total. The van der Waals surface area contributed by atoms with E-state index in [0.717, 1.165) is 0 Å². The number of anilines is 1. The van der Waals surface area contributed by atoms with Gasteiger partial charge in [0.25, 0.3) is 5.91 Å². The molecule has 1 aromatic heterocycles. The molecule has 0 saturated heterocycles. The number of hydrogen-bond donors (Lipinski definition) is 3. The lowest BCUT2D eigenvalue weighted by Gasteiger charge is -2.12. The summed E-state index contributed by atoms with van der Waals surface area (Å²) in [4.78, 5) is 15.7. The van der Waals surface area contributed by atoms with E-state index < -0.39 is 0 Å².